The largest absolute Gasteiger partial charge is 0.348 e. The van der Waals surface area contributed by atoms with Crippen LogP contribution in [0.2, 0.25) is 0 Å². The minimum absolute atomic E-state index is 0.145. The van der Waals surface area contributed by atoms with Crippen molar-refractivity contribution < 1.29 is 0 Å². The Labute approximate surface area is 105 Å². The zero-order valence-corrected chi connectivity index (χ0v) is 11.9. The van der Waals surface area contributed by atoms with Gasteiger partial charge in [0.15, 0.2) is 0 Å². The maximum absolute atomic E-state index is 4.19. The Balaban J connectivity index is 2.50. The Morgan fingerprint density at radius 1 is 1.12 bits per heavy atom. The van der Waals surface area contributed by atoms with Crippen molar-refractivity contribution in [1.29, 1.82) is 0 Å². The molecule has 1 fully saturated rings. The highest BCUT2D eigenvalue weighted by molar-refractivity contribution is 5.39. The maximum atomic E-state index is 4.19. The molecule has 0 aromatic heterocycles. The summed E-state index contributed by atoms with van der Waals surface area (Å²) in [6.07, 6.45) is 4.44. The van der Waals surface area contributed by atoms with Gasteiger partial charge in [-0.25, -0.2) is 0 Å². The standard InChI is InChI=1S/C15H24N2/c1-10-8-11(2)16-12(3)13(4)17(14(16)9-10)15(5,6)7/h8-9,12-13H,2H2,1,3-7H3. The molecule has 17 heavy (non-hydrogen) atoms. The molecular weight excluding hydrogens is 208 g/mol. The van der Waals surface area contributed by atoms with Gasteiger partial charge in [-0.3, -0.25) is 0 Å². The van der Waals surface area contributed by atoms with E-state index >= 15 is 0 Å². The first-order valence-electron chi connectivity index (χ1n) is 6.41. The summed E-state index contributed by atoms with van der Waals surface area (Å²) < 4.78 is 0. The lowest BCUT2D eigenvalue weighted by molar-refractivity contribution is 0.158. The van der Waals surface area contributed by atoms with Crippen LogP contribution in [-0.2, 0) is 0 Å². The molecule has 1 saturated heterocycles. The van der Waals surface area contributed by atoms with Gasteiger partial charge in [-0.2, -0.15) is 0 Å². The molecule has 0 aromatic carbocycles. The van der Waals surface area contributed by atoms with Crippen molar-refractivity contribution >= 4 is 0 Å². The Kier molecular flexibility index (Phi) is 2.64. The van der Waals surface area contributed by atoms with Gasteiger partial charge in [0.1, 0.15) is 5.82 Å². The van der Waals surface area contributed by atoms with E-state index in [1.165, 1.54) is 11.4 Å². The Bertz CT molecular complexity index is 409. The molecular formula is C15H24N2. The second-order valence-electron chi connectivity index (χ2n) is 6.27. The molecule has 0 N–H and O–H groups in total. The molecule has 2 heteroatoms. The number of fused-ring (bicyclic) bond motifs is 1. The van der Waals surface area contributed by atoms with Crippen LogP contribution in [0.1, 0.15) is 41.5 Å². The third-order valence-electron chi connectivity index (χ3n) is 3.79. The van der Waals surface area contributed by atoms with Crippen LogP contribution in [0.3, 0.4) is 0 Å². The highest BCUT2D eigenvalue weighted by Crippen LogP contribution is 2.40. The molecule has 2 nitrogen and oxygen atoms in total. The molecule has 94 valence electrons. The first-order chi connectivity index (χ1) is 7.73. The second kappa shape index (κ2) is 3.66. The van der Waals surface area contributed by atoms with E-state index in [0.29, 0.717) is 12.1 Å². The zero-order valence-electron chi connectivity index (χ0n) is 11.9. The average Bonchev–Trinajstić information content (AvgIpc) is 2.37. The minimum atomic E-state index is 0.145. The number of allylic oxidation sites excluding steroid dienone is 3. The van der Waals surface area contributed by atoms with Crippen LogP contribution >= 0.6 is 0 Å². The van der Waals surface area contributed by atoms with Crippen LogP contribution in [0.15, 0.2) is 35.8 Å². The Morgan fingerprint density at radius 3 is 2.24 bits per heavy atom. The van der Waals surface area contributed by atoms with Crippen molar-refractivity contribution in [3.8, 4) is 0 Å². The van der Waals surface area contributed by atoms with E-state index in [1.54, 1.807) is 0 Å². The predicted octanol–water partition coefficient (Wildman–Crippen LogP) is 3.49. The molecule has 2 heterocycles. The van der Waals surface area contributed by atoms with E-state index in [9.17, 15) is 0 Å². The summed E-state index contributed by atoms with van der Waals surface area (Å²) in [5.41, 5.74) is 2.55. The fraction of sp³-hybridized carbons (Fsp3) is 0.600. The first kappa shape index (κ1) is 12.3. The molecule has 0 amide bonds. The highest BCUT2D eigenvalue weighted by atomic mass is 15.5. The second-order valence-corrected chi connectivity index (χ2v) is 6.27. The van der Waals surface area contributed by atoms with Crippen LogP contribution in [0.5, 0.6) is 0 Å². The smallest absolute Gasteiger partial charge is 0.110 e. The van der Waals surface area contributed by atoms with Crippen molar-refractivity contribution in [2.45, 2.75) is 59.2 Å². The van der Waals surface area contributed by atoms with Crippen molar-refractivity contribution in [3.63, 3.8) is 0 Å². The Hall–Kier alpha value is -1.18. The predicted molar refractivity (Wildman–Crippen MR) is 73.3 cm³/mol. The zero-order chi connectivity index (χ0) is 13.0. The summed E-state index contributed by atoms with van der Waals surface area (Å²) in [5.74, 6) is 1.31. The fourth-order valence-electron chi connectivity index (χ4n) is 3.04. The molecule has 0 spiro atoms. The quantitative estimate of drug-likeness (QED) is 0.631. The summed E-state index contributed by atoms with van der Waals surface area (Å²) in [6.45, 7) is 17.7. The van der Waals surface area contributed by atoms with Crippen LogP contribution < -0.4 is 0 Å². The Morgan fingerprint density at radius 2 is 1.71 bits per heavy atom. The normalized spacial score (nSPS) is 29.2. The summed E-state index contributed by atoms with van der Waals surface area (Å²) in [7, 11) is 0. The van der Waals surface area contributed by atoms with Gasteiger partial charge in [0.2, 0.25) is 0 Å². The van der Waals surface area contributed by atoms with Gasteiger partial charge < -0.3 is 9.80 Å². The van der Waals surface area contributed by atoms with Gasteiger partial charge in [-0.15, -0.1) is 0 Å². The minimum Gasteiger partial charge on any atom is -0.348 e. The molecule has 2 aliphatic rings. The van der Waals surface area contributed by atoms with Crippen LogP contribution in [0.4, 0.5) is 0 Å². The van der Waals surface area contributed by atoms with Crippen molar-refractivity contribution in [2.24, 2.45) is 0 Å². The van der Waals surface area contributed by atoms with E-state index in [1.807, 2.05) is 0 Å². The van der Waals surface area contributed by atoms with Gasteiger partial charge in [-0.1, -0.05) is 6.58 Å². The summed E-state index contributed by atoms with van der Waals surface area (Å²) >= 11 is 0. The molecule has 2 atom stereocenters. The molecule has 0 saturated carbocycles. The SMILES string of the molecule is C=C1C=C(C)C=C2N1C(C)C(C)N2C(C)(C)C. The van der Waals surface area contributed by atoms with E-state index in [4.69, 9.17) is 0 Å². The number of rotatable bonds is 0. The maximum Gasteiger partial charge on any atom is 0.110 e. The van der Waals surface area contributed by atoms with Gasteiger partial charge in [-0.05, 0) is 59.3 Å². The van der Waals surface area contributed by atoms with Gasteiger partial charge in [0.05, 0.1) is 6.04 Å². The van der Waals surface area contributed by atoms with E-state index < -0.39 is 0 Å². The molecule has 2 unspecified atom stereocenters. The molecule has 0 radical (unpaired) electrons. The van der Waals surface area contributed by atoms with Crippen LogP contribution in [-0.4, -0.2) is 27.4 Å². The van der Waals surface area contributed by atoms with Gasteiger partial charge in [0.25, 0.3) is 0 Å². The van der Waals surface area contributed by atoms with E-state index in [0.717, 1.165) is 5.70 Å². The number of nitrogens with zero attached hydrogens (tertiary/aromatic N) is 2. The molecule has 0 bridgehead atoms. The molecule has 2 aliphatic heterocycles. The van der Waals surface area contributed by atoms with Crippen molar-refractivity contribution in [3.05, 3.63) is 35.8 Å². The topological polar surface area (TPSA) is 6.48 Å². The van der Waals surface area contributed by atoms with Crippen LogP contribution in [0, 0.1) is 0 Å². The lowest BCUT2D eigenvalue weighted by Crippen LogP contribution is -2.44. The monoisotopic (exact) mass is 232 g/mol. The van der Waals surface area contributed by atoms with Crippen LogP contribution in [0.25, 0.3) is 0 Å². The summed E-state index contributed by atoms with van der Waals surface area (Å²) in [4.78, 5) is 4.88. The summed E-state index contributed by atoms with van der Waals surface area (Å²) in [5, 5.41) is 0. The molecule has 0 aromatic rings. The van der Waals surface area contributed by atoms with Gasteiger partial charge >= 0.3 is 0 Å². The van der Waals surface area contributed by atoms with Gasteiger partial charge in [0, 0.05) is 17.3 Å². The number of hydrogen-bond acceptors (Lipinski definition) is 2. The lowest BCUT2D eigenvalue weighted by atomic mass is 10.0. The lowest BCUT2D eigenvalue weighted by Gasteiger charge is -2.39. The highest BCUT2D eigenvalue weighted by Gasteiger charge is 2.43. The van der Waals surface area contributed by atoms with E-state index in [2.05, 4.69) is 70.1 Å². The molecule has 2 rings (SSSR count). The third kappa shape index (κ3) is 1.80. The molecule has 0 aliphatic carbocycles. The van der Waals surface area contributed by atoms with Crippen molar-refractivity contribution in [2.75, 3.05) is 0 Å². The van der Waals surface area contributed by atoms with E-state index in [-0.39, 0.29) is 5.54 Å². The summed E-state index contributed by atoms with van der Waals surface area (Å²) in [6, 6.07) is 0.995. The first-order valence-corrected chi connectivity index (χ1v) is 6.41. The third-order valence-corrected chi connectivity index (χ3v) is 3.79. The average molecular weight is 232 g/mol. The number of hydrogen-bond donors (Lipinski definition) is 0. The fourth-order valence-corrected chi connectivity index (χ4v) is 3.04. The van der Waals surface area contributed by atoms with Crippen molar-refractivity contribution in [1.82, 2.24) is 9.80 Å².